The largest absolute Gasteiger partial charge is 0.493 e. The molecule has 1 N–H and O–H groups in total. The highest BCUT2D eigenvalue weighted by atomic mass is 35.5. The number of carbonyl (C=O) groups is 1. The fourth-order valence-electron chi connectivity index (χ4n) is 1.85. The van der Waals surface area contributed by atoms with Crippen molar-refractivity contribution in [2.24, 2.45) is 5.92 Å². The van der Waals surface area contributed by atoms with Gasteiger partial charge in [0, 0.05) is 6.54 Å². The normalized spacial score (nSPS) is 16.1. The van der Waals surface area contributed by atoms with E-state index in [1.165, 1.54) is 12.8 Å². The van der Waals surface area contributed by atoms with Crippen LogP contribution in [-0.4, -0.2) is 24.4 Å². The third-order valence-corrected chi connectivity index (χ3v) is 3.53. The molecule has 2 rings (SSSR count). The van der Waals surface area contributed by atoms with Crippen molar-refractivity contribution in [2.75, 3.05) is 13.2 Å². The SMILES string of the molecule is CCOc1ccccc1C(=O)NCC(Cl)C1CC1. The fraction of sp³-hybridized carbons (Fsp3) is 0.500. The first kappa shape index (κ1) is 13.2. The first-order valence-electron chi connectivity index (χ1n) is 6.36. The maximum atomic E-state index is 12.0. The molecule has 0 spiro atoms. The molecule has 0 saturated heterocycles. The summed E-state index contributed by atoms with van der Waals surface area (Å²) in [5, 5.41) is 2.92. The summed E-state index contributed by atoms with van der Waals surface area (Å²) in [5.41, 5.74) is 0.569. The number of benzene rings is 1. The number of rotatable bonds is 6. The Balaban J connectivity index is 1.94. The van der Waals surface area contributed by atoms with Gasteiger partial charge in [-0.05, 0) is 37.8 Å². The smallest absolute Gasteiger partial charge is 0.255 e. The van der Waals surface area contributed by atoms with Gasteiger partial charge >= 0.3 is 0 Å². The summed E-state index contributed by atoms with van der Waals surface area (Å²) in [6.07, 6.45) is 2.36. The highest BCUT2D eigenvalue weighted by Gasteiger charge is 2.29. The Morgan fingerprint density at radius 2 is 2.22 bits per heavy atom. The van der Waals surface area contributed by atoms with E-state index in [1.807, 2.05) is 19.1 Å². The summed E-state index contributed by atoms with van der Waals surface area (Å²) in [6, 6.07) is 7.25. The standard InChI is InChI=1S/C14H18ClNO2/c1-2-18-13-6-4-3-5-11(13)14(17)16-9-12(15)10-7-8-10/h3-6,10,12H,2,7-9H2,1H3,(H,16,17). The van der Waals surface area contributed by atoms with Gasteiger partial charge in [-0.15, -0.1) is 11.6 Å². The topological polar surface area (TPSA) is 38.3 Å². The van der Waals surface area contributed by atoms with Gasteiger partial charge in [0.15, 0.2) is 0 Å². The van der Waals surface area contributed by atoms with E-state index in [4.69, 9.17) is 16.3 Å². The maximum absolute atomic E-state index is 12.0. The Labute approximate surface area is 112 Å². The molecule has 0 aliphatic heterocycles. The summed E-state index contributed by atoms with van der Waals surface area (Å²) in [5.74, 6) is 1.08. The maximum Gasteiger partial charge on any atom is 0.255 e. The van der Waals surface area contributed by atoms with E-state index in [0.29, 0.717) is 30.4 Å². The molecule has 18 heavy (non-hydrogen) atoms. The average Bonchev–Trinajstić information content (AvgIpc) is 3.21. The molecule has 1 aliphatic rings. The highest BCUT2D eigenvalue weighted by molar-refractivity contribution is 6.21. The number of alkyl halides is 1. The zero-order valence-electron chi connectivity index (χ0n) is 10.5. The van der Waals surface area contributed by atoms with E-state index in [-0.39, 0.29) is 11.3 Å². The number of halogens is 1. The first-order chi connectivity index (χ1) is 8.72. The monoisotopic (exact) mass is 267 g/mol. The van der Waals surface area contributed by atoms with Crippen LogP contribution in [0.15, 0.2) is 24.3 Å². The van der Waals surface area contributed by atoms with Crippen LogP contribution in [0.1, 0.15) is 30.1 Å². The second-order valence-corrected chi connectivity index (χ2v) is 5.05. The third kappa shape index (κ3) is 3.39. The molecule has 1 saturated carbocycles. The van der Waals surface area contributed by atoms with Gasteiger partial charge < -0.3 is 10.1 Å². The summed E-state index contributed by atoms with van der Waals surface area (Å²) in [6.45, 7) is 2.96. The van der Waals surface area contributed by atoms with Gasteiger partial charge in [0.05, 0.1) is 17.5 Å². The lowest BCUT2D eigenvalue weighted by Crippen LogP contribution is -2.30. The second kappa shape index (κ2) is 6.10. The predicted molar refractivity (Wildman–Crippen MR) is 72.3 cm³/mol. The zero-order chi connectivity index (χ0) is 13.0. The van der Waals surface area contributed by atoms with Crippen LogP contribution in [0.4, 0.5) is 0 Å². The molecule has 0 radical (unpaired) electrons. The van der Waals surface area contributed by atoms with Crippen LogP contribution in [-0.2, 0) is 0 Å². The van der Waals surface area contributed by atoms with Gasteiger partial charge in [-0.1, -0.05) is 12.1 Å². The van der Waals surface area contributed by atoms with Crippen molar-refractivity contribution in [3.05, 3.63) is 29.8 Å². The molecule has 1 aromatic carbocycles. The van der Waals surface area contributed by atoms with Crippen molar-refractivity contribution < 1.29 is 9.53 Å². The molecule has 1 atom stereocenters. The fourth-order valence-corrected chi connectivity index (χ4v) is 2.17. The van der Waals surface area contributed by atoms with Crippen LogP contribution in [0.3, 0.4) is 0 Å². The van der Waals surface area contributed by atoms with Crippen molar-refractivity contribution in [2.45, 2.75) is 25.1 Å². The Kier molecular flexibility index (Phi) is 4.48. The zero-order valence-corrected chi connectivity index (χ0v) is 11.2. The summed E-state index contributed by atoms with van der Waals surface area (Å²) >= 11 is 6.16. The van der Waals surface area contributed by atoms with Crippen LogP contribution < -0.4 is 10.1 Å². The van der Waals surface area contributed by atoms with Crippen molar-refractivity contribution in [3.63, 3.8) is 0 Å². The molecule has 0 aromatic heterocycles. The second-order valence-electron chi connectivity index (χ2n) is 4.49. The van der Waals surface area contributed by atoms with Gasteiger partial charge in [-0.3, -0.25) is 4.79 Å². The molecule has 1 aromatic rings. The number of nitrogens with one attached hydrogen (secondary N) is 1. The minimum absolute atomic E-state index is 0.0493. The molecular weight excluding hydrogens is 250 g/mol. The number of amides is 1. The van der Waals surface area contributed by atoms with E-state index in [2.05, 4.69) is 5.32 Å². The molecular formula is C14H18ClNO2. The van der Waals surface area contributed by atoms with Gasteiger partial charge in [0.1, 0.15) is 5.75 Å². The number of hydrogen-bond donors (Lipinski definition) is 1. The van der Waals surface area contributed by atoms with Crippen LogP contribution in [0, 0.1) is 5.92 Å². The van der Waals surface area contributed by atoms with Crippen LogP contribution in [0.25, 0.3) is 0 Å². The van der Waals surface area contributed by atoms with Gasteiger partial charge in [0.2, 0.25) is 0 Å². The molecule has 3 nitrogen and oxygen atoms in total. The Hall–Kier alpha value is -1.22. The highest BCUT2D eigenvalue weighted by Crippen LogP contribution is 2.35. The lowest BCUT2D eigenvalue weighted by atomic mass is 10.2. The van der Waals surface area contributed by atoms with E-state index < -0.39 is 0 Å². The molecule has 98 valence electrons. The number of para-hydroxylation sites is 1. The molecule has 1 aliphatic carbocycles. The minimum atomic E-state index is -0.120. The number of ether oxygens (including phenoxy) is 1. The molecule has 1 unspecified atom stereocenters. The van der Waals surface area contributed by atoms with E-state index in [0.717, 1.165) is 0 Å². The van der Waals surface area contributed by atoms with E-state index >= 15 is 0 Å². The lowest BCUT2D eigenvalue weighted by Gasteiger charge is -2.12. The van der Waals surface area contributed by atoms with Crippen LogP contribution >= 0.6 is 11.6 Å². The predicted octanol–water partition coefficient (Wildman–Crippen LogP) is 2.83. The molecule has 0 heterocycles. The number of carbonyl (C=O) groups excluding carboxylic acids is 1. The minimum Gasteiger partial charge on any atom is -0.493 e. The quantitative estimate of drug-likeness (QED) is 0.805. The molecule has 0 bridgehead atoms. The van der Waals surface area contributed by atoms with Crippen LogP contribution in [0.2, 0.25) is 0 Å². The first-order valence-corrected chi connectivity index (χ1v) is 6.80. The average molecular weight is 268 g/mol. The number of hydrogen-bond acceptors (Lipinski definition) is 2. The summed E-state index contributed by atoms with van der Waals surface area (Å²) in [4.78, 5) is 12.0. The molecule has 1 amide bonds. The van der Waals surface area contributed by atoms with Gasteiger partial charge in [-0.25, -0.2) is 0 Å². The molecule has 4 heteroatoms. The summed E-state index contributed by atoms with van der Waals surface area (Å²) in [7, 11) is 0. The van der Waals surface area contributed by atoms with Crippen LogP contribution in [0.5, 0.6) is 5.75 Å². The Morgan fingerprint density at radius 3 is 2.89 bits per heavy atom. The molecule has 1 fully saturated rings. The van der Waals surface area contributed by atoms with Crippen molar-refractivity contribution in [3.8, 4) is 5.75 Å². The van der Waals surface area contributed by atoms with Crippen molar-refractivity contribution in [1.82, 2.24) is 5.32 Å². The lowest BCUT2D eigenvalue weighted by molar-refractivity contribution is 0.0949. The third-order valence-electron chi connectivity index (χ3n) is 3.02. The Morgan fingerprint density at radius 1 is 1.50 bits per heavy atom. The van der Waals surface area contributed by atoms with E-state index in [1.54, 1.807) is 12.1 Å². The van der Waals surface area contributed by atoms with Crippen molar-refractivity contribution >= 4 is 17.5 Å². The van der Waals surface area contributed by atoms with Gasteiger partial charge in [0.25, 0.3) is 5.91 Å². The van der Waals surface area contributed by atoms with Gasteiger partial charge in [-0.2, -0.15) is 0 Å². The van der Waals surface area contributed by atoms with E-state index in [9.17, 15) is 4.79 Å². The Bertz CT molecular complexity index is 418. The van der Waals surface area contributed by atoms with Crippen molar-refractivity contribution in [1.29, 1.82) is 0 Å². The summed E-state index contributed by atoms with van der Waals surface area (Å²) < 4.78 is 5.43.